The van der Waals surface area contributed by atoms with Gasteiger partial charge in [0.1, 0.15) is 0 Å². The molecule has 1 aromatic heterocycles. The molecule has 2 heterocycles. The lowest BCUT2D eigenvalue weighted by molar-refractivity contribution is -0.125. The number of nitrogens with one attached hydrogen (secondary N) is 1. The van der Waals surface area contributed by atoms with Gasteiger partial charge in [0.25, 0.3) is 0 Å². The molecular formula is C18H23N3O2. The fourth-order valence-electron chi connectivity index (χ4n) is 3.23. The molecule has 0 saturated carbocycles. The van der Waals surface area contributed by atoms with E-state index in [0.29, 0.717) is 13.0 Å². The Morgan fingerprint density at radius 3 is 3.00 bits per heavy atom. The molecule has 122 valence electrons. The van der Waals surface area contributed by atoms with Crippen molar-refractivity contribution in [3.8, 4) is 0 Å². The summed E-state index contributed by atoms with van der Waals surface area (Å²) in [6, 6.07) is 10.0. The SMILES string of the molecule is O=C(NCC(CCO)c1ccccc1)C1CCn2cncc2C1. The Bertz CT molecular complexity index is 639. The lowest BCUT2D eigenvalue weighted by atomic mass is 9.93. The Kier molecular flexibility index (Phi) is 5.08. The molecule has 0 fully saturated rings. The second kappa shape index (κ2) is 7.42. The lowest BCUT2D eigenvalue weighted by Crippen LogP contribution is -2.37. The van der Waals surface area contributed by atoms with Crippen LogP contribution < -0.4 is 5.32 Å². The molecule has 1 amide bonds. The third-order valence-corrected chi connectivity index (χ3v) is 4.61. The van der Waals surface area contributed by atoms with E-state index in [1.807, 2.05) is 42.9 Å². The smallest absolute Gasteiger partial charge is 0.223 e. The number of imidazole rings is 1. The summed E-state index contributed by atoms with van der Waals surface area (Å²) in [6.45, 7) is 1.55. The van der Waals surface area contributed by atoms with Crippen LogP contribution in [0.1, 0.15) is 30.0 Å². The first-order chi connectivity index (χ1) is 11.3. The molecular weight excluding hydrogens is 290 g/mol. The van der Waals surface area contributed by atoms with Crippen molar-refractivity contribution < 1.29 is 9.90 Å². The second-order valence-electron chi connectivity index (χ2n) is 6.13. The molecule has 0 spiro atoms. The summed E-state index contributed by atoms with van der Waals surface area (Å²) in [5.41, 5.74) is 2.29. The van der Waals surface area contributed by atoms with E-state index in [2.05, 4.69) is 14.9 Å². The number of hydrogen-bond acceptors (Lipinski definition) is 3. The van der Waals surface area contributed by atoms with Crippen LogP contribution in [0.2, 0.25) is 0 Å². The fourth-order valence-corrected chi connectivity index (χ4v) is 3.23. The Balaban J connectivity index is 1.57. The minimum atomic E-state index is 0.0183. The molecule has 2 N–H and O–H groups in total. The molecule has 1 aliphatic rings. The molecule has 23 heavy (non-hydrogen) atoms. The van der Waals surface area contributed by atoms with E-state index in [0.717, 1.165) is 30.6 Å². The molecule has 0 saturated heterocycles. The number of aliphatic hydroxyl groups excluding tert-OH is 1. The minimum absolute atomic E-state index is 0.0183. The molecule has 0 aliphatic carbocycles. The van der Waals surface area contributed by atoms with E-state index in [4.69, 9.17) is 0 Å². The quantitative estimate of drug-likeness (QED) is 0.853. The van der Waals surface area contributed by atoms with Gasteiger partial charge in [-0.25, -0.2) is 4.98 Å². The topological polar surface area (TPSA) is 67.2 Å². The van der Waals surface area contributed by atoms with Crippen LogP contribution in [-0.4, -0.2) is 33.7 Å². The highest BCUT2D eigenvalue weighted by atomic mass is 16.3. The van der Waals surface area contributed by atoms with Gasteiger partial charge in [0.15, 0.2) is 0 Å². The third kappa shape index (κ3) is 3.79. The number of hydrogen-bond donors (Lipinski definition) is 2. The predicted octanol–water partition coefficient (Wildman–Crippen LogP) is 1.73. The van der Waals surface area contributed by atoms with Gasteiger partial charge >= 0.3 is 0 Å². The van der Waals surface area contributed by atoms with Crippen LogP contribution in [0.5, 0.6) is 0 Å². The Labute approximate surface area is 136 Å². The van der Waals surface area contributed by atoms with Gasteiger partial charge in [-0.15, -0.1) is 0 Å². The number of aryl methyl sites for hydroxylation is 1. The summed E-state index contributed by atoms with van der Waals surface area (Å²) >= 11 is 0. The summed E-state index contributed by atoms with van der Waals surface area (Å²) in [5.74, 6) is 0.278. The number of amides is 1. The van der Waals surface area contributed by atoms with Crippen LogP contribution in [0, 0.1) is 5.92 Å². The highest BCUT2D eigenvalue weighted by molar-refractivity contribution is 5.79. The molecule has 5 heteroatoms. The number of aliphatic hydroxyl groups is 1. The summed E-state index contributed by atoms with van der Waals surface area (Å²) in [6.07, 6.45) is 5.93. The van der Waals surface area contributed by atoms with Gasteiger partial charge in [-0.2, -0.15) is 0 Å². The number of benzene rings is 1. The number of fused-ring (bicyclic) bond motifs is 1. The molecule has 1 aliphatic heterocycles. The summed E-state index contributed by atoms with van der Waals surface area (Å²) < 4.78 is 2.11. The first kappa shape index (κ1) is 15.7. The molecule has 0 bridgehead atoms. The van der Waals surface area contributed by atoms with Gasteiger partial charge in [-0.1, -0.05) is 30.3 Å². The second-order valence-corrected chi connectivity index (χ2v) is 6.13. The van der Waals surface area contributed by atoms with Crippen LogP contribution in [-0.2, 0) is 17.8 Å². The van der Waals surface area contributed by atoms with E-state index in [9.17, 15) is 9.90 Å². The zero-order valence-electron chi connectivity index (χ0n) is 13.2. The zero-order valence-corrected chi connectivity index (χ0v) is 13.2. The minimum Gasteiger partial charge on any atom is -0.396 e. The normalized spacial score (nSPS) is 18.2. The molecule has 2 atom stereocenters. The fraction of sp³-hybridized carbons (Fsp3) is 0.444. The van der Waals surface area contributed by atoms with E-state index in [-0.39, 0.29) is 24.3 Å². The Hall–Kier alpha value is -2.14. The van der Waals surface area contributed by atoms with Crippen LogP contribution in [0.3, 0.4) is 0 Å². The summed E-state index contributed by atoms with van der Waals surface area (Å²) in [5, 5.41) is 12.4. The van der Waals surface area contributed by atoms with E-state index < -0.39 is 0 Å². The monoisotopic (exact) mass is 313 g/mol. The van der Waals surface area contributed by atoms with Crippen molar-refractivity contribution in [1.82, 2.24) is 14.9 Å². The van der Waals surface area contributed by atoms with E-state index in [1.54, 1.807) is 0 Å². The lowest BCUT2D eigenvalue weighted by Gasteiger charge is -2.24. The van der Waals surface area contributed by atoms with Crippen molar-refractivity contribution in [3.05, 3.63) is 54.1 Å². The Morgan fingerprint density at radius 1 is 1.39 bits per heavy atom. The highest BCUT2D eigenvalue weighted by Gasteiger charge is 2.25. The first-order valence-electron chi connectivity index (χ1n) is 8.20. The van der Waals surface area contributed by atoms with Crippen LogP contribution in [0.25, 0.3) is 0 Å². The van der Waals surface area contributed by atoms with Crippen molar-refractivity contribution >= 4 is 5.91 Å². The van der Waals surface area contributed by atoms with Gasteiger partial charge in [0.2, 0.25) is 5.91 Å². The average Bonchev–Trinajstić information content (AvgIpc) is 3.06. The van der Waals surface area contributed by atoms with Gasteiger partial charge in [0.05, 0.1) is 6.33 Å². The van der Waals surface area contributed by atoms with E-state index >= 15 is 0 Å². The number of carbonyl (C=O) groups excluding carboxylic acids is 1. The summed E-state index contributed by atoms with van der Waals surface area (Å²) in [4.78, 5) is 16.6. The Morgan fingerprint density at radius 2 is 2.22 bits per heavy atom. The molecule has 2 unspecified atom stereocenters. The number of rotatable bonds is 6. The first-order valence-corrected chi connectivity index (χ1v) is 8.20. The van der Waals surface area contributed by atoms with Crippen LogP contribution in [0.15, 0.2) is 42.9 Å². The largest absolute Gasteiger partial charge is 0.396 e. The van der Waals surface area contributed by atoms with Gasteiger partial charge < -0.3 is 15.0 Å². The van der Waals surface area contributed by atoms with Crippen molar-refractivity contribution in [2.45, 2.75) is 31.7 Å². The molecule has 1 aromatic carbocycles. The number of nitrogens with zero attached hydrogens (tertiary/aromatic N) is 2. The standard InChI is InChI=1S/C18H23N3O2/c22-9-7-16(14-4-2-1-3-5-14)11-20-18(23)15-6-8-21-13-19-12-17(21)10-15/h1-5,12-13,15-16,22H,6-11H2,(H,20,23). The maximum absolute atomic E-state index is 12.5. The van der Waals surface area contributed by atoms with Crippen molar-refractivity contribution in [1.29, 1.82) is 0 Å². The molecule has 0 radical (unpaired) electrons. The van der Waals surface area contributed by atoms with Gasteiger partial charge in [-0.05, 0) is 18.4 Å². The maximum atomic E-state index is 12.5. The number of aromatic nitrogens is 2. The van der Waals surface area contributed by atoms with Crippen molar-refractivity contribution in [2.75, 3.05) is 13.2 Å². The molecule has 2 aromatic rings. The zero-order chi connectivity index (χ0) is 16.1. The third-order valence-electron chi connectivity index (χ3n) is 4.61. The molecule has 3 rings (SSSR count). The van der Waals surface area contributed by atoms with Gasteiger partial charge in [0, 0.05) is 49.8 Å². The predicted molar refractivity (Wildman–Crippen MR) is 87.9 cm³/mol. The van der Waals surface area contributed by atoms with Crippen LogP contribution >= 0.6 is 0 Å². The van der Waals surface area contributed by atoms with E-state index in [1.165, 1.54) is 0 Å². The van der Waals surface area contributed by atoms with Crippen molar-refractivity contribution in [3.63, 3.8) is 0 Å². The average molecular weight is 313 g/mol. The summed E-state index contributed by atoms with van der Waals surface area (Å²) in [7, 11) is 0. The van der Waals surface area contributed by atoms with Crippen LogP contribution in [0.4, 0.5) is 0 Å². The van der Waals surface area contributed by atoms with Gasteiger partial charge in [-0.3, -0.25) is 4.79 Å². The maximum Gasteiger partial charge on any atom is 0.223 e. The molecule has 5 nitrogen and oxygen atoms in total. The number of carbonyl (C=O) groups is 1. The van der Waals surface area contributed by atoms with Crippen molar-refractivity contribution in [2.24, 2.45) is 5.92 Å². The highest BCUT2D eigenvalue weighted by Crippen LogP contribution is 2.21.